The Morgan fingerprint density at radius 2 is 2.05 bits per heavy atom. The summed E-state index contributed by atoms with van der Waals surface area (Å²) in [7, 11) is 0. The zero-order valence-electron chi connectivity index (χ0n) is 12.2. The molecule has 21 heavy (non-hydrogen) atoms. The van der Waals surface area contributed by atoms with E-state index in [-0.39, 0.29) is 6.61 Å². The minimum atomic E-state index is -0.772. The minimum Gasteiger partial charge on any atom is -0.397 e. The molecule has 5 heteroatoms. The standard InChI is InChI=1S/C16H23N3O2/c17-13-7-4-8-14-15(13)18-16(11-5-2-1-3-6-11)19(14)9-12(21)10-20/h4,7-8,11-12,20-21H,1-3,5-6,9-10,17H2. The Morgan fingerprint density at radius 1 is 1.29 bits per heavy atom. The highest BCUT2D eigenvalue weighted by Gasteiger charge is 2.24. The number of nitrogens with two attached hydrogens (primary N) is 1. The predicted molar refractivity (Wildman–Crippen MR) is 83.1 cm³/mol. The summed E-state index contributed by atoms with van der Waals surface area (Å²) < 4.78 is 2.04. The highest BCUT2D eigenvalue weighted by Crippen LogP contribution is 2.35. The van der Waals surface area contributed by atoms with Gasteiger partial charge in [-0.1, -0.05) is 25.3 Å². The number of imidazole rings is 1. The number of aromatic nitrogens is 2. The lowest BCUT2D eigenvalue weighted by atomic mass is 9.88. The lowest BCUT2D eigenvalue weighted by molar-refractivity contribution is 0.0810. The molecule has 0 saturated heterocycles. The van der Waals surface area contributed by atoms with Gasteiger partial charge in [0.1, 0.15) is 11.3 Å². The van der Waals surface area contributed by atoms with E-state index in [9.17, 15) is 5.11 Å². The molecule has 114 valence electrons. The van der Waals surface area contributed by atoms with Crippen molar-refractivity contribution in [2.24, 2.45) is 0 Å². The third-order valence-corrected chi connectivity index (χ3v) is 4.41. The van der Waals surface area contributed by atoms with Crippen LogP contribution >= 0.6 is 0 Å². The van der Waals surface area contributed by atoms with Gasteiger partial charge in [-0.25, -0.2) is 4.98 Å². The summed E-state index contributed by atoms with van der Waals surface area (Å²) in [5, 5.41) is 19.0. The second kappa shape index (κ2) is 6.03. The van der Waals surface area contributed by atoms with E-state index in [1.807, 2.05) is 22.8 Å². The lowest BCUT2D eigenvalue weighted by Crippen LogP contribution is -2.22. The van der Waals surface area contributed by atoms with Gasteiger partial charge in [-0.05, 0) is 25.0 Å². The summed E-state index contributed by atoms with van der Waals surface area (Å²) in [5.74, 6) is 1.44. The highest BCUT2D eigenvalue weighted by atomic mass is 16.3. The van der Waals surface area contributed by atoms with Crippen LogP contribution in [0.15, 0.2) is 18.2 Å². The summed E-state index contributed by atoms with van der Waals surface area (Å²) in [5.41, 5.74) is 8.47. The Hall–Kier alpha value is -1.59. The van der Waals surface area contributed by atoms with Gasteiger partial charge in [-0.3, -0.25) is 0 Å². The average Bonchev–Trinajstić information content (AvgIpc) is 2.88. The molecule has 1 aliphatic carbocycles. The highest BCUT2D eigenvalue weighted by molar-refractivity contribution is 5.87. The third kappa shape index (κ3) is 2.76. The first-order chi connectivity index (χ1) is 10.2. The molecule has 0 amide bonds. The van der Waals surface area contributed by atoms with E-state index < -0.39 is 6.10 Å². The van der Waals surface area contributed by atoms with Crippen molar-refractivity contribution >= 4 is 16.7 Å². The number of fused-ring (bicyclic) bond motifs is 1. The summed E-state index contributed by atoms with van der Waals surface area (Å²) in [6, 6.07) is 5.74. The maximum Gasteiger partial charge on any atom is 0.113 e. The van der Waals surface area contributed by atoms with Crippen molar-refractivity contribution in [2.75, 3.05) is 12.3 Å². The first-order valence-electron chi connectivity index (χ1n) is 7.74. The van der Waals surface area contributed by atoms with Gasteiger partial charge in [0.05, 0.1) is 30.5 Å². The van der Waals surface area contributed by atoms with Crippen molar-refractivity contribution in [3.8, 4) is 0 Å². The van der Waals surface area contributed by atoms with Crippen molar-refractivity contribution < 1.29 is 10.2 Å². The zero-order valence-corrected chi connectivity index (χ0v) is 12.2. The molecule has 2 aromatic rings. The van der Waals surface area contributed by atoms with E-state index in [1.165, 1.54) is 19.3 Å². The molecule has 1 aromatic carbocycles. The molecular formula is C16H23N3O2. The molecule has 1 aliphatic rings. The fourth-order valence-electron chi connectivity index (χ4n) is 3.32. The van der Waals surface area contributed by atoms with Gasteiger partial charge in [-0.2, -0.15) is 0 Å². The van der Waals surface area contributed by atoms with Crippen LogP contribution in [-0.4, -0.2) is 32.5 Å². The summed E-state index contributed by atoms with van der Waals surface area (Å²) in [6.45, 7) is 0.119. The van der Waals surface area contributed by atoms with Crippen LogP contribution in [0.3, 0.4) is 0 Å². The normalized spacial score (nSPS) is 18.2. The van der Waals surface area contributed by atoms with Crippen molar-refractivity contribution in [3.63, 3.8) is 0 Å². The molecule has 4 N–H and O–H groups in total. The lowest BCUT2D eigenvalue weighted by Gasteiger charge is -2.23. The Labute approximate surface area is 124 Å². The van der Waals surface area contributed by atoms with Gasteiger partial charge in [0.2, 0.25) is 0 Å². The van der Waals surface area contributed by atoms with Crippen molar-refractivity contribution in [1.29, 1.82) is 0 Å². The fraction of sp³-hybridized carbons (Fsp3) is 0.562. The molecule has 1 aromatic heterocycles. The number of rotatable bonds is 4. The number of nitrogen functional groups attached to an aromatic ring is 1. The van der Waals surface area contributed by atoms with Gasteiger partial charge in [-0.15, -0.1) is 0 Å². The topological polar surface area (TPSA) is 84.3 Å². The molecule has 0 bridgehead atoms. The molecule has 0 aliphatic heterocycles. The van der Waals surface area contributed by atoms with Gasteiger partial charge in [0.15, 0.2) is 0 Å². The fourth-order valence-corrected chi connectivity index (χ4v) is 3.32. The van der Waals surface area contributed by atoms with Gasteiger partial charge < -0.3 is 20.5 Å². The number of benzene rings is 1. The molecule has 0 spiro atoms. The molecule has 1 fully saturated rings. The number of para-hydroxylation sites is 1. The summed E-state index contributed by atoms with van der Waals surface area (Å²) >= 11 is 0. The van der Waals surface area contributed by atoms with E-state index >= 15 is 0 Å². The second-order valence-corrected chi connectivity index (χ2v) is 5.97. The Bertz CT molecular complexity index is 617. The van der Waals surface area contributed by atoms with Crippen LogP contribution in [-0.2, 0) is 6.54 Å². The Morgan fingerprint density at radius 3 is 2.76 bits per heavy atom. The summed E-state index contributed by atoms with van der Waals surface area (Å²) in [4.78, 5) is 4.77. The molecule has 1 unspecified atom stereocenters. The minimum absolute atomic E-state index is 0.244. The SMILES string of the molecule is Nc1cccc2c1nc(C1CCCCC1)n2CC(O)CO. The molecule has 1 saturated carbocycles. The first-order valence-corrected chi connectivity index (χ1v) is 7.74. The third-order valence-electron chi connectivity index (χ3n) is 4.41. The number of hydrogen-bond acceptors (Lipinski definition) is 4. The summed E-state index contributed by atoms with van der Waals surface area (Å²) in [6.07, 6.45) is 5.25. The monoisotopic (exact) mass is 289 g/mol. The van der Waals surface area contributed by atoms with Crippen LogP contribution in [0.1, 0.15) is 43.8 Å². The predicted octanol–water partition coefficient (Wildman–Crippen LogP) is 2.02. The van der Waals surface area contributed by atoms with Crippen LogP contribution in [0.4, 0.5) is 5.69 Å². The molecular weight excluding hydrogens is 266 g/mol. The van der Waals surface area contributed by atoms with E-state index in [2.05, 4.69) is 0 Å². The van der Waals surface area contributed by atoms with Gasteiger partial charge in [0, 0.05) is 5.92 Å². The van der Waals surface area contributed by atoms with Crippen LogP contribution in [0.5, 0.6) is 0 Å². The molecule has 5 nitrogen and oxygen atoms in total. The van der Waals surface area contributed by atoms with E-state index in [0.717, 1.165) is 29.7 Å². The number of hydrogen-bond donors (Lipinski definition) is 3. The van der Waals surface area contributed by atoms with Crippen LogP contribution in [0, 0.1) is 0 Å². The number of anilines is 1. The van der Waals surface area contributed by atoms with E-state index in [1.54, 1.807) is 0 Å². The van der Waals surface area contributed by atoms with E-state index in [0.29, 0.717) is 18.2 Å². The maximum atomic E-state index is 9.85. The average molecular weight is 289 g/mol. The van der Waals surface area contributed by atoms with Crippen LogP contribution in [0.2, 0.25) is 0 Å². The molecule has 1 heterocycles. The number of nitrogens with zero attached hydrogens (tertiary/aromatic N) is 2. The number of aliphatic hydroxyl groups excluding tert-OH is 2. The molecule has 0 radical (unpaired) electrons. The largest absolute Gasteiger partial charge is 0.397 e. The maximum absolute atomic E-state index is 9.85. The van der Waals surface area contributed by atoms with Crippen molar-refractivity contribution in [1.82, 2.24) is 9.55 Å². The molecule has 1 atom stereocenters. The van der Waals surface area contributed by atoms with Crippen LogP contribution in [0.25, 0.3) is 11.0 Å². The Balaban J connectivity index is 2.07. The van der Waals surface area contributed by atoms with Crippen molar-refractivity contribution in [3.05, 3.63) is 24.0 Å². The van der Waals surface area contributed by atoms with Crippen LogP contribution < -0.4 is 5.73 Å². The smallest absolute Gasteiger partial charge is 0.113 e. The Kier molecular flexibility index (Phi) is 4.12. The second-order valence-electron chi connectivity index (χ2n) is 5.97. The van der Waals surface area contributed by atoms with Gasteiger partial charge in [0.25, 0.3) is 0 Å². The zero-order chi connectivity index (χ0) is 14.8. The molecule has 3 rings (SSSR count). The number of aliphatic hydroxyl groups is 2. The van der Waals surface area contributed by atoms with E-state index in [4.69, 9.17) is 15.8 Å². The quantitative estimate of drug-likeness (QED) is 0.752. The first kappa shape index (κ1) is 14.4. The van der Waals surface area contributed by atoms with Gasteiger partial charge >= 0.3 is 0 Å². The van der Waals surface area contributed by atoms with Crippen molar-refractivity contribution in [2.45, 2.75) is 50.7 Å².